The number of nitrogens with zero attached hydrogens (tertiary/aromatic N) is 2. The number of piperidine rings is 3. The zero-order valence-corrected chi connectivity index (χ0v) is 14.4. The van der Waals surface area contributed by atoms with Gasteiger partial charge in [0.1, 0.15) is 5.75 Å². The average Bonchev–Trinajstić information content (AvgIpc) is 2.90. The first-order valence-corrected chi connectivity index (χ1v) is 8.74. The zero-order chi connectivity index (χ0) is 16.6. The van der Waals surface area contributed by atoms with Crippen molar-refractivity contribution in [3.63, 3.8) is 0 Å². The van der Waals surface area contributed by atoms with E-state index in [0.29, 0.717) is 11.8 Å². The molecule has 0 spiro atoms. The second-order valence-electron chi connectivity index (χ2n) is 7.24. The minimum Gasteiger partial charge on any atom is -0.495 e. The molecule has 4 nitrogen and oxygen atoms in total. The van der Waals surface area contributed by atoms with E-state index in [2.05, 4.69) is 41.6 Å². The summed E-state index contributed by atoms with van der Waals surface area (Å²) in [6, 6.07) is 6.66. The summed E-state index contributed by atoms with van der Waals surface area (Å²) in [5.41, 5.74) is 5.22. The average molecular weight is 322 g/mol. The lowest BCUT2D eigenvalue weighted by Gasteiger charge is -2.53. The first-order chi connectivity index (χ1) is 11.7. The van der Waals surface area contributed by atoms with E-state index in [0.717, 1.165) is 30.7 Å². The Hall–Kier alpha value is -2.07. The van der Waals surface area contributed by atoms with Crippen molar-refractivity contribution in [1.29, 1.82) is 0 Å². The number of aromatic nitrogens is 1. The van der Waals surface area contributed by atoms with E-state index in [9.17, 15) is 4.79 Å². The third-order valence-electron chi connectivity index (χ3n) is 6.38. The summed E-state index contributed by atoms with van der Waals surface area (Å²) < 4.78 is 7.91. The Kier molecular flexibility index (Phi) is 2.82. The van der Waals surface area contributed by atoms with Crippen LogP contribution in [0.5, 0.6) is 5.75 Å². The van der Waals surface area contributed by atoms with Gasteiger partial charge in [-0.25, -0.2) is 0 Å². The topological polar surface area (TPSA) is 34.5 Å². The van der Waals surface area contributed by atoms with Gasteiger partial charge in [-0.05, 0) is 37.0 Å². The first-order valence-electron chi connectivity index (χ1n) is 8.74. The van der Waals surface area contributed by atoms with Gasteiger partial charge in [0.15, 0.2) is 5.78 Å². The van der Waals surface area contributed by atoms with Gasteiger partial charge in [0.05, 0.1) is 24.7 Å². The molecule has 0 amide bonds. The lowest BCUT2D eigenvalue weighted by Crippen LogP contribution is -2.60. The van der Waals surface area contributed by atoms with Crippen LogP contribution in [0.4, 0.5) is 0 Å². The van der Waals surface area contributed by atoms with Crippen molar-refractivity contribution in [2.75, 3.05) is 13.7 Å². The Labute approximate surface area is 141 Å². The maximum atomic E-state index is 12.9. The van der Waals surface area contributed by atoms with Crippen LogP contribution in [-0.2, 0) is 18.3 Å². The molecular formula is C20H22N2O2. The molecule has 24 heavy (non-hydrogen) atoms. The third-order valence-corrected chi connectivity index (χ3v) is 6.38. The number of fused-ring (bicyclic) bond motifs is 4. The fourth-order valence-corrected chi connectivity index (χ4v) is 5.31. The molecule has 1 aromatic heterocycles. The number of allylic oxidation sites excluding steroid dienone is 1. The minimum absolute atomic E-state index is 0.0572. The van der Waals surface area contributed by atoms with Crippen molar-refractivity contribution in [2.24, 2.45) is 13.0 Å². The normalized spacial score (nSPS) is 32.5. The van der Waals surface area contributed by atoms with Crippen molar-refractivity contribution in [3.05, 3.63) is 41.1 Å². The van der Waals surface area contributed by atoms with Crippen LogP contribution in [0.2, 0.25) is 0 Å². The van der Waals surface area contributed by atoms with Gasteiger partial charge in [0.25, 0.3) is 0 Å². The number of benzene rings is 1. The molecule has 0 N–H and O–H groups in total. The van der Waals surface area contributed by atoms with Crippen LogP contribution in [0.3, 0.4) is 0 Å². The van der Waals surface area contributed by atoms with Gasteiger partial charge in [-0.3, -0.25) is 9.69 Å². The van der Waals surface area contributed by atoms with Crippen LogP contribution in [0, 0.1) is 5.92 Å². The summed E-state index contributed by atoms with van der Waals surface area (Å²) in [5.74, 6) is 1.47. The lowest BCUT2D eigenvalue weighted by atomic mass is 9.69. The molecule has 4 atom stereocenters. The Morgan fingerprint density at radius 3 is 2.88 bits per heavy atom. The van der Waals surface area contributed by atoms with Crippen molar-refractivity contribution < 1.29 is 9.53 Å². The van der Waals surface area contributed by atoms with E-state index in [1.165, 1.54) is 22.2 Å². The largest absolute Gasteiger partial charge is 0.495 e. The van der Waals surface area contributed by atoms with Crippen LogP contribution >= 0.6 is 0 Å². The van der Waals surface area contributed by atoms with Gasteiger partial charge in [0, 0.05) is 30.6 Å². The first kappa shape index (κ1) is 14.3. The Bertz CT molecular complexity index is 908. The highest BCUT2D eigenvalue weighted by Gasteiger charge is 2.52. The molecule has 124 valence electrons. The second-order valence-corrected chi connectivity index (χ2v) is 7.24. The fourth-order valence-electron chi connectivity index (χ4n) is 5.31. The van der Waals surface area contributed by atoms with Crippen molar-refractivity contribution in [3.8, 4) is 5.75 Å². The number of carbonyl (C=O) groups excluding carboxylic acids is 1. The molecule has 2 unspecified atom stereocenters. The number of ether oxygens (including phenoxy) is 1. The molecule has 0 radical (unpaired) electrons. The molecule has 0 aliphatic carbocycles. The SMILES string of the molecule is C/C=C1/CN2[C@H]3Cc4c(n(C)c5c(OC)cccc45)[C@@H]2CC1C3=O. The van der Waals surface area contributed by atoms with E-state index in [1.54, 1.807) is 7.11 Å². The fraction of sp³-hybridized carbons (Fsp3) is 0.450. The molecule has 5 heterocycles. The number of rotatable bonds is 1. The van der Waals surface area contributed by atoms with E-state index < -0.39 is 0 Å². The highest BCUT2D eigenvalue weighted by Crippen LogP contribution is 2.51. The molecule has 4 bridgehead atoms. The lowest BCUT2D eigenvalue weighted by molar-refractivity contribution is -0.137. The van der Waals surface area contributed by atoms with Crippen molar-refractivity contribution in [2.45, 2.75) is 31.8 Å². The van der Waals surface area contributed by atoms with Crippen LogP contribution in [-0.4, -0.2) is 34.9 Å². The Morgan fingerprint density at radius 1 is 1.29 bits per heavy atom. The number of carbonyl (C=O) groups is 1. The monoisotopic (exact) mass is 322 g/mol. The van der Waals surface area contributed by atoms with Gasteiger partial charge in [-0.1, -0.05) is 18.2 Å². The summed E-state index contributed by atoms with van der Waals surface area (Å²) in [7, 11) is 3.87. The third kappa shape index (κ3) is 1.55. The van der Waals surface area contributed by atoms with E-state index >= 15 is 0 Å². The number of aryl methyl sites for hydroxylation is 1. The summed E-state index contributed by atoms with van der Waals surface area (Å²) in [6.45, 7) is 3.01. The molecule has 1 aromatic carbocycles. The molecule has 6 rings (SSSR count). The molecule has 4 aliphatic rings. The standard InChI is InChI=1S/C20H22N2O2/c1-4-11-10-22-15-8-13(11)20(23)16(22)9-14-12-6-5-7-17(24-3)19(12)21(2)18(14)15/h4-7,13,15-16H,8-10H2,1-3H3/b11-4-/t13?,15-,16-/m0/s1. The van der Waals surface area contributed by atoms with Crippen LogP contribution in [0.1, 0.15) is 30.6 Å². The van der Waals surface area contributed by atoms with Crippen molar-refractivity contribution >= 4 is 16.7 Å². The molecule has 4 aliphatic heterocycles. The summed E-state index contributed by atoms with van der Waals surface area (Å²) >= 11 is 0. The number of para-hydroxylation sites is 1. The molecular weight excluding hydrogens is 300 g/mol. The predicted molar refractivity (Wildman–Crippen MR) is 93.3 cm³/mol. The van der Waals surface area contributed by atoms with E-state index in [4.69, 9.17) is 4.74 Å². The molecule has 3 fully saturated rings. The second kappa shape index (κ2) is 4.73. The van der Waals surface area contributed by atoms with Crippen molar-refractivity contribution in [1.82, 2.24) is 9.47 Å². The number of Topliss-reactive ketones (excluding diaryl/α,β-unsaturated/α-hetero) is 1. The summed E-state index contributed by atoms with van der Waals surface area (Å²) in [5, 5.41) is 1.25. The van der Waals surface area contributed by atoms with Gasteiger partial charge in [-0.2, -0.15) is 0 Å². The minimum atomic E-state index is 0.0572. The predicted octanol–water partition coefficient (Wildman–Crippen LogP) is 3.00. The van der Waals surface area contributed by atoms with Crippen LogP contribution in [0.25, 0.3) is 10.9 Å². The van der Waals surface area contributed by atoms with Gasteiger partial charge >= 0.3 is 0 Å². The van der Waals surface area contributed by atoms with E-state index in [1.807, 2.05) is 6.07 Å². The Balaban J connectivity index is 1.76. The van der Waals surface area contributed by atoms with Crippen LogP contribution in [0.15, 0.2) is 29.8 Å². The van der Waals surface area contributed by atoms with E-state index in [-0.39, 0.29) is 12.0 Å². The molecule has 2 aromatic rings. The number of hydrogen-bond donors (Lipinski definition) is 0. The smallest absolute Gasteiger partial charge is 0.157 e. The van der Waals surface area contributed by atoms with Gasteiger partial charge in [-0.15, -0.1) is 0 Å². The maximum absolute atomic E-state index is 12.9. The van der Waals surface area contributed by atoms with Gasteiger partial charge in [0.2, 0.25) is 0 Å². The molecule has 0 saturated carbocycles. The highest BCUT2D eigenvalue weighted by atomic mass is 16.5. The summed E-state index contributed by atoms with van der Waals surface area (Å²) in [6.07, 6.45) is 3.91. The van der Waals surface area contributed by atoms with Crippen LogP contribution < -0.4 is 4.74 Å². The molecule has 4 heteroatoms. The maximum Gasteiger partial charge on any atom is 0.157 e. The molecule has 3 saturated heterocycles. The number of methoxy groups -OCH3 is 1. The summed E-state index contributed by atoms with van der Waals surface area (Å²) in [4.78, 5) is 15.4. The zero-order valence-electron chi connectivity index (χ0n) is 14.4. The highest BCUT2D eigenvalue weighted by molar-refractivity contribution is 5.95. The Morgan fingerprint density at radius 2 is 2.12 bits per heavy atom. The number of hydrogen-bond acceptors (Lipinski definition) is 3. The van der Waals surface area contributed by atoms with Gasteiger partial charge < -0.3 is 9.30 Å². The quantitative estimate of drug-likeness (QED) is 0.757. The number of ketones is 1.